The van der Waals surface area contributed by atoms with Gasteiger partial charge >= 0.3 is 12.1 Å². The first-order valence-electron chi connectivity index (χ1n) is 20.4. The van der Waals surface area contributed by atoms with Crippen LogP contribution in [0.1, 0.15) is 39.8 Å². The maximum absolute atomic E-state index is 12.3. The molecule has 27 heteroatoms. The third-order valence-electron chi connectivity index (χ3n) is 8.89. The van der Waals surface area contributed by atoms with Crippen molar-refractivity contribution in [1.82, 2.24) is 24.3 Å². The first-order valence-corrected chi connectivity index (χ1v) is 24.6. The van der Waals surface area contributed by atoms with Gasteiger partial charge < -0.3 is 44.2 Å². The average molecular weight is 1090 g/mol. The topological polar surface area (TPSA) is 291 Å². The number of aromatic nitrogens is 4. The van der Waals surface area contributed by atoms with Gasteiger partial charge in [-0.15, -0.1) is 0 Å². The average Bonchev–Trinajstić information content (AvgIpc) is 4.05. The number of halogens is 3. The van der Waals surface area contributed by atoms with E-state index in [2.05, 4.69) is 20.8 Å². The van der Waals surface area contributed by atoms with E-state index in [1.807, 2.05) is 38.5 Å². The van der Waals surface area contributed by atoms with Crippen molar-refractivity contribution in [2.24, 2.45) is 5.14 Å². The number of anilines is 3. The molecule has 0 fully saturated rings. The van der Waals surface area contributed by atoms with Crippen LogP contribution in [0.15, 0.2) is 101 Å². The van der Waals surface area contributed by atoms with Gasteiger partial charge in [0.1, 0.15) is 57.3 Å². The van der Waals surface area contributed by atoms with Gasteiger partial charge in [-0.25, -0.2) is 27.9 Å². The number of nitrogens with two attached hydrogens (primary N) is 2. The van der Waals surface area contributed by atoms with Gasteiger partial charge in [-0.3, -0.25) is 14.7 Å². The molecule has 0 atom stereocenters. The van der Waals surface area contributed by atoms with E-state index in [-0.39, 0.29) is 39.3 Å². The van der Waals surface area contributed by atoms with Crippen LogP contribution in [0.25, 0.3) is 0 Å². The number of hydrogen-bond acceptors (Lipinski definition) is 16. The number of rotatable bonds is 14. The molecule has 0 radical (unpaired) electrons. The lowest BCUT2D eigenvalue weighted by atomic mass is 10.2. The number of nitrogens with zero attached hydrogens (tertiary/aromatic N) is 4. The molecule has 0 aliphatic rings. The van der Waals surface area contributed by atoms with E-state index in [1.165, 1.54) is 77.8 Å². The smallest absolute Gasteiger partial charge is 0.417 e. The second-order valence-electron chi connectivity index (χ2n) is 14.5. The summed E-state index contributed by atoms with van der Waals surface area (Å²) in [6.07, 6.45) is 2.45. The predicted octanol–water partition coefficient (Wildman–Crippen LogP) is 8.66. The first-order chi connectivity index (χ1) is 33.4. The molecule has 0 saturated carbocycles. The Morgan fingerprint density at radius 3 is 1.30 bits per heavy atom. The molecule has 2 aromatic heterocycles. The van der Waals surface area contributed by atoms with E-state index < -0.39 is 32.2 Å². The summed E-state index contributed by atoms with van der Waals surface area (Å²) in [6.45, 7) is 7.51. The lowest BCUT2D eigenvalue weighted by Gasteiger charge is -2.15. The van der Waals surface area contributed by atoms with Gasteiger partial charge in [0.2, 0.25) is 0 Å². The molecule has 386 valence electrons. The largest absolute Gasteiger partial charge is 0.494 e. The van der Waals surface area contributed by atoms with E-state index in [1.54, 1.807) is 59.4 Å². The second kappa shape index (κ2) is 27.0. The number of benzene rings is 4. The van der Waals surface area contributed by atoms with Crippen LogP contribution in [0, 0.1) is 0 Å². The van der Waals surface area contributed by atoms with E-state index in [9.17, 15) is 26.4 Å². The van der Waals surface area contributed by atoms with Gasteiger partial charge in [-0.2, -0.15) is 18.6 Å². The van der Waals surface area contributed by atoms with Crippen LogP contribution in [-0.2, 0) is 20.0 Å². The molecule has 7 N–H and O–H groups in total. The molecule has 6 rings (SSSR count). The van der Waals surface area contributed by atoms with Crippen molar-refractivity contribution >= 4 is 84.0 Å². The summed E-state index contributed by atoms with van der Waals surface area (Å²) in [4.78, 5) is 24.1. The summed E-state index contributed by atoms with van der Waals surface area (Å²) >= 11 is 17.6. The molecule has 0 saturated heterocycles. The third kappa shape index (κ3) is 17.5. The van der Waals surface area contributed by atoms with Crippen molar-refractivity contribution in [3.05, 3.63) is 106 Å². The molecular formula is C44H54Cl3N9O13S2. The molecule has 22 nitrogen and oxygen atoms in total. The molecule has 71 heavy (non-hydrogen) atoms. The molecule has 0 aliphatic carbocycles. The number of hydrogen-bond donors (Lipinski definition) is 5. The highest BCUT2D eigenvalue weighted by Crippen LogP contribution is 2.39. The zero-order valence-electron chi connectivity index (χ0n) is 40.0. The molecule has 2 heterocycles. The summed E-state index contributed by atoms with van der Waals surface area (Å²) in [5, 5.41) is 18.5. The number of primary sulfonamides is 1. The Kier molecular flexibility index (Phi) is 22.2. The number of carbonyl (C=O) groups excluding carboxylic acids is 2. The van der Waals surface area contributed by atoms with Gasteiger partial charge in [0.05, 0.1) is 42.7 Å². The Morgan fingerprint density at radius 1 is 0.577 bits per heavy atom. The highest BCUT2D eigenvalue weighted by atomic mass is 35.5. The van der Waals surface area contributed by atoms with Crippen molar-refractivity contribution in [2.75, 3.05) is 59.0 Å². The number of methoxy groups -OCH3 is 6. The highest BCUT2D eigenvalue weighted by molar-refractivity contribution is 7.90. The number of para-hydroxylation sites is 1. The summed E-state index contributed by atoms with van der Waals surface area (Å²) in [5.41, 5.74) is 6.62. The molecule has 0 unspecified atom stereocenters. The molecular weight excluding hydrogens is 1030 g/mol. The van der Waals surface area contributed by atoms with Gasteiger partial charge in [0, 0.05) is 75.9 Å². The normalized spacial score (nSPS) is 10.8. The summed E-state index contributed by atoms with van der Waals surface area (Å²) in [6, 6.07) is 19.9. The maximum Gasteiger partial charge on any atom is 0.417 e. The molecule has 6 aromatic rings. The van der Waals surface area contributed by atoms with Crippen molar-refractivity contribution in [3.8, 4) is 40.2 Å². The minimum Gasteiger partial charge on any atom is -0.494 e. The monoisotopic (exact) mass is 1090 g/mol. The summed E-state index contributed by atoms with van der Waals surface area (Å²) in [5.74, 6) is 2.67. The third-order valence-corrected chi connectivity index (χ3v) is 11.6. The van der Waals surface area contributed by atoms with Crippen LogP contribution in [0.2, 0.25) is 15.1 Å². The van der Waals surface area contributed by atoms with E-state index in [0.717, 1.165) is 0 Å². The van der Waals surface area contributed by atoms with E-state index in [4.69, 9.17) is 78.8 Å². The van der Waals surface area contributed by atoms with Crippen LogP contribution in [-0.4, -0.2) is 91.2 Å². The Hall–Kier alpha value is -6.83. The zero-order valence-corrected chi connectivity index (χ0v) is 43.9. The number of ether oxygens (including phenoxy) is 7. The van der Waals surface area contributed by atoms with Crippen molar-refractivity contribution in [2.45, 2.75) is 49.8 Å². The van der Waals surface area contributed by atoms with Crippen LogP contribution >= 0.6 is 34.8 Å². The van der Waals surface area contributed by atoms with Crippen LogP contribution in [0.3, 0.4) is 0 Å². The molecule has 4 aromatic carbocycles. The minimum absolute atomic E-state index is 0.0182. The fourth-order valence-electron chi connectivity index (χ4n) is 5.46. The minimum atomic E-state index is -4.14. The first kappa shape index (κ1) is 58.5. The molecule has 0 bridgehead atoms. The van der Waals surface area contributed by atoms with Crippen LogP contribution in [0.5, 0.6) is 40.2 Å². The van der Waals surface area contributed by atoms with Crippen molar-refractivity contribution in [3.63, 3.8) is 0 Å². The summed E-state index contributed by atoms with van der Waals surface area (Å²) < 4.78 is 86.8. The fraction of sp³-hybridized carbons (Fsp3) is 0.273. The molecule has 3 amide bonds. The quantitative estimate of drug-likeness (QED) is 0.0638. The standard InChI is InChI=1S/C15H19ClN4O5S.C15H14ClNO4.C8H10ClNO2.C6H11N3O2S/c1-9(2)20-6-5-13(18-20)26(22,23)19-15(21)17-14-11(24-3)7-10(16)8-12(14)25-4;1-19-12-8-10(16)9-13(20-2)14(12)17-15(18)21-11-6-4-3-5-7-11;1-11-6-3-5(9)4-7(12-2)8(6)10;1-5(2)9-4-3-6(8-9)12(7,10)11/h5-9H,1-4H3,(H2,17,19,21);3-9H,1-2H3,(H,17,18);3-4H,10H2,1-2H3;3-5H,1-2H3,(H2,7,10,11). The zero-order chi connectivity index (χ0) is 53.2. The van der Waals surface area contributed by atoms with Gasteiger partial charge in [0.15, 0.2) is 10.1 Å². The SMILES string of the molecule is CC(C)n1ccc(S(N)(=O)=O)n1.COc1cc(Cl)cc(OC)c1N.COc1cc(Cl)cc(OC)c1NC(=O)NS(=O)(=O)c1ccn(C(C)C)n1.COc1cc(Cl)cc(OC)c1NC(=O)Oc1ccccc1. The maximum atomic E-state index is 12.3. The van der Waals surface area contributed by atoms with E-state index >= 15 is 0 Å². The lowest BCUT2D eigenvalue weighted by molar-refractivity contribution is 0.215. The lowest BCUT2D eigenvalue weighted by Crippen LogP contribution is -2.34. The predicted molar refractivity (Wildman–Crippen MR) is 270 cm³/mol. The number of amides is 3. The van der Waals surface area contributed by atoms with Gasteiger partial charge in [-0.1, -0.05) is 53.0 Å². The van der Waals surface area contributed by atoms with Gasteiger partial charge in [0.25, 0.3) is 20.0 Å². The number of sulfonamides is 2. The number of urea groups is 1. The van der Waals surface area contributed by atoms with Crippen molar-refractivity contribution < 1.29 is 59.6 Å². The van der Waals surface area contributed by atoms with Gasteiger partial charge in [-0.05, 0) is 52.0 Å². The summed E-state index contributed by atoms with van der Waals surface area (Å²) in [7, 11) is 0.969. The Balaban J connectivity index is 0.000000264. The Bertz CT molecular complexity index is 2880. The van der Waals surface area contributed by atoms with Crippen LogP contribution < -0.4 is 59.4 Å². The number of nitrogens with one attached hydrogen (secondary N) is 3. The Morgan fingerprint density at radius 2 is 0.944 bits per heavy atom. The number of carbonyl (C=O) groups is 2. The van der Waals surface area contributed by atoms with Crippen LogP contribution in [0.4, 0.5) is 26.7 Å². The highest BCUT2D eigenvalue weighted by Gasteiger charge is 2.24. The second-order valence-corrected chi connectivity index (χ2v) is 18.9. The number of nitrogen functional groups attached to an aromatic ring is 1. The Labute approximate surface area is 426 Å². The molecule has 0 spiro atoms. The fourth-order valence-corrected chi connectivity index (χ4v) is 7.36. The van der Waals surface area contributed by atoms with Crippen molar-refractivity contribution in [1.29, 1.82) is 0 Å². The molecule has 0 aliphatic heterocycles. The van der Waals surface area contributed by atoms with E-state index in [0.29, 0.717) is 55.2 Å².